The molecule has 8 heteroatoms. The molecule has 0 bridgehead atoms. The first kappa shape index (κ1) is 17.1. The number of anilines is 1. The fraction of sp³-hybridized carbons (Fsp3) is 0.235. The number of aromatic nitrogens is 3. The molecule has 1 amide bonds. The number of nitrogens with zero attached hydrogens (tertiary/aromatic N) is 3. The van der Waals surface area contributed by atoms with Crippen molar-refractivity contribution in [2.75, 3.05) is 12.4 Å². The summed E-state index contributed by atoms with van der Waals surface area (Å²) >= 11 is 1.37. The number of methoxy groups -OCH3 is 1. The van der Waals surface area contributed by atoms with Crippen LogP contribution in [0.15, 0.2) is 52.4 Å². The molecule has 3 aromatic rings. The lowest BCUT2D eigenvalue weighted by molar-refractivity contribution is -0.115. The predicted octanol–water partition coefficient (Wildman–Crippen LogP) is 3.30. The van der Waals surface area contributed by atoms with E-state index >= 15 is 0 Å². The molecule has 25 heavy (non-hydrogen) atoms. The van der Waals surface area contributed by atoms with Gasteiger partial charge in [0.25, 0.3) is 0 Å². The second-order valence-electron chi connectivity index (χ2n) is 5.35. The van der Waals surface area contributed by atoms with Crippen molar-refractivity contribution in [1.82, 2.24) is 14.7 Å². The van der Waals surface area contributed by atoms with Crippen LogP contribution >= 0.6 is 11.8 Å². The summed E-state index contributed by atoms with van der Waals surface area (Å²) in [4.78, 5) is 16.7. The maximum Gasteiger partial charge on any atom is 0.238 e. The first-order valence-electron chi connectivity index (χ1n) is 7.65. The highest BCUT2D eigenvalue weighted by atomic mass is 32.2. The van der Waals surface area contributed by atoms with Gasteiger partial charge in [-0.3, -0.25) is 9.36 Å². The zero-order valence-electron chi connectivity index (χ0n) is 14.1. The molecule has 130 valence electrons. The number of ether oxygens (including phenoxy) is 1. The molecule has 2 aromatic heterocycles. The zero-order valence-corrected chi connectivity index (χ0v) is 14.9. The third-order valence-electron chi connectivity index (χ3n) is 3.49. The Morgan fingerprint density at radius 1 is 1.36 bits per heavy atom. The fourth-order valence-electron chi connectivity index (χ4n) is 2.18. The minimum atomic E-state index is -0.351. The maximum absolute atomic E-state index is 12.3. The van der Waals surface area contributed by atoms with Crippen LogP contribution in [0.3, 0.4) is 0 Å². The smallest absolute Gasteiger partial charge is 0.238 e. The van der Waals surface area contributed by atoms with E-state index in [9.17, 15) is 4.79 Å². The highest BCUT2D eigenvalue weighted by Gasteiger charge is 2.19. The Kier molecular flexibility index (Phi) is 5.08. The molecule has 0 saturated carbocycles. The van der Waals surface area contributed by atoms with Crippen LogP contribution in [0.1, 0.15) is 12.7 Å². The molecule has 0 spiro atoms. The van der Waals surface area contributed by atoms with Crippen LogP contribution in [0.25, 0.3) is 5.69 Å². The number of nitrogens with one attached hydrogen (secondary N) is 1. The summed E-state index contributed by atoms with van der Waals surface area (Å²) in [7, 11) is 1.63. The second-order valence-corrected chi connectivity index (χ2v) is 6.66. The molecule has 1 N–H and O–H groups in total. The Balaban J connectivity index is 1.70. The van der Waals surface area contributed by atoms with Gasteiger partial charge < -0.3 is 14.6 Å². The van der Waals surface area contributed by atoms with E-state index in [0.29, 0.717) is 11.6 Å². The Bertz CT molecular complexity index is 857. The van der Waals surface area contributed by atoms with Gasteiger partial charge in [-0.1, -0.05) is 16.9 Å². The molecule has 2 heterocycles. The van der Waals surface area contributed by atoms with Crippen LogP contribution in [0, 0.1) is 6.92 Å². The molecule has 0 radical (unpaired) electrons. The Morgan fingerprint density at radius 2 is 2.12 bits per heavy atom. The summed E-state index contributed by atoms with van der Waals surface area (Å²) < 4.78 is 12.0. The molecule has 0 fully saturated rings. The molecule has 1 unspecified atom stereocenters. The van der Waals surface area contributed by atoms with Crippen molar-refractivity contribution in [2.45, 2.75) is 24.3 Å². The van der Waals surface area contributed by atoms with Crippen molar-refractivity contribution in [3.8, 4) is 11.4 Å². The number of hydrogen-bond acceptors (Lipinski definition) is 6. The van der Waals surface area contributed by atoms with Gasteiger partial charge in [0.1, 0.15) is 11.5 Å². The van der Waals surface area contributed by atoms with Gasteiger partial charge in [-0.2, -0.15) is 0 Å². The lowest BCUT2D eigenvalue weighted by Gasteiger charge is -2.12. The first-order chi connectivity index (χ1) is 12.1. The summed E-state index contributed by atoms with van der Waals surface area (Å²) in [6, 6.07) is 9.31. The van der Waals surface area contributed by atoms with Crippen LogP contribution in [-0.2, 0) is 4.79 Å². The van der Waals surface area contributed by atoms with E-state index in [4.69, 9.17) is 9.26 Å². The maximum atomic E-state index is 12.3. The summed E-state index contributed by atoms with van der Waals surface area (Å²) in [5.74, 6) is 1.68. The largest absolute Gasteiger partial charge is 0.497 e. The number of rotatable bonds is 6. The lowest BCUT2D eigenvalue weighted by Crippen LogP contribution is -2.23. The molecule has 0 aliphatic rings. The molecular weight excluding hydrogens is 340 g/mol. The summed E-state index contributed by atoms with van der Waals surface area (Å²) in [5.41, 5.74) is 0.945. The molecule has 0 aliphatic carbocycles. The molecule has 1 atom stereocenters. The number of aryl methyl sites for hydroxylation is 1. The molecule has 0 aliphatic heterocycles. The topological polar surface area (TPSA) is 82.2 Å². The van der Waals surface area contributed by atoms with E-state index in [1.54, 1.807) is 26.3 Å². The van der Waals surface area contributed by atoms with Crippen molar-refractivity contribution in [2.24, 2.45) is 0 Å². The lowest BCUT2D eigenvalue weighted by atomic mass is 10.3. The summed E-state index contributed by atoms with van der Waals surface area (Å²) in [5, 5.41) is 6.87. The molecule has 1 aromatic carbocycles. The number of benzene rings is 1. The standard InChI is InChI=1S/C17H18N4O3S/c1-11-10-15(20-24-11)19-16(22)12(2)25-17-18-8-9-21(17)13-4-6-14(23-3)7-5-13/h4-10,12H,1-3H3,(H,19,20,22). The van der Waals surface area contributed by atoms with Crippen LogP contribution in [0.5, 0.6) is 5.75 Å². The van der Waals surface area contributed by atoms with Gasteiger partial charge in [0.15, 0.2) is 11.0 Å². The molecule has 3 rings (SSSR count). The number of imidazole rings is 1. The van der Waals surface area contributed by atoms with Crippen molar-refractivity contribution >= 4 is 23.5 Å². The van der Waals surface area contributed by atoms with Gasteiger partial charge in [-0.05, 0) is 38.1 Å². The van der Waals surface area contributed by atoms with E-state index in [2.05, 4.69) is 15.5 Å². The van der Waals surface area contributed by atoms with E-state index < -0.39 is 0 Å². The normalized spacial score (nSPS) is 12.0. The predicted molar refractivity (Wildman–Crippen MR) is 95.3 cm³/mol. The van der Waals surface area contributed by atoms with Crippen molar-refractivity contribution in [1.29, 1.82) is 0 Å². The third kappa shape index (κ3) is 4.03. The summed E-state index contributed by atoms with van der Waals surface area (Å²) in [6.45, 7) is 3.59. The van der Waals surface area contributed by atoms with E-state index in [1.807, 2.05) is 42.0 Å². The van der Waals surface area contributed by atoms with Crippen LogP contribution in [0.4, 0.5) is 5.82 Å². The Labute approximate surface area is 149 Å². The van der Waals surface area contributed by atoms with Crippen molar-refractivity contribution < 1.29 is 14.1 Å². The molecular formula is C17H18N4O3S. The average molecular weight is 358 g/mol. The van der Waals surface area contributed by atoms with Gasteiger partial charge >= 0.3 is 0 Å². The molecule has 0 saturated heterocycles. The van der Waals surface area contributed by atoms with Crippen molar-refractivity contribution in [3.63, 3.8) is 0 Å². The van der Waals surface area contributed by atoms with E-state index in [0.717, 1.165) is 16.6 Å². The first-order valence-corrected chi connectivity index (χ1v) is 8.53. The average Bonchev–Trinajstić information content (AvgIpc) is 3.24. The van der Waals surface area contributed by atoms with Gasteiger partial charge in [-0.25, -0.2) is 4.98 Å². The van der Waals surface area contributed by atoms with Gasteiger partial charge in [0, 0.05) is 24.1 Å². The highest BCUT2D eigenvalue weighted by molar-refractivity contribution is 8.00. The number of carbonyl (C=O) groups is 1. The Morgan fingerprint density at radius 3 is 2.76 bits per heavy atom. The van der Waals surface area contributed by atoms with Crippen LogP contribution < -0.4 is 10.1 Å². The van der Waals surface area contributed by atoms with Gasteiger partial charge in [-0.15, -0.1) is 0 Å². The zero-order chi connectivity index (χ0) is 17.8. The minimum Gasteiger partial charge on any atom is -0.497 e. The summed E-state index contributed by atoms with van der Waals surface area (Å²) in [6.07, 6.45) is 3.56. The number of hydrogen-bond donors (Lipinski definition) is 1. The second kappa shape index (κ2) is 7.43. The van der Waals surface area contributed by atoms with E-state index in [-0.39, 0.29) is 11.2 Å². The van der Waals surface area contributed by atoms with Gasteiger partial charge in [0.05, 0.1) is 12.4 Å². The third-order valence-corrected chi connectivity index (χ3v) is 4.57. The number of thioether (sulfide) groups is 1. The minimum absolute atomic E-state index is 0.164. The van der Waals surface area contributed by atoms with Gasteiger partial charge in [0.2, 0.25) is 5.91 Å². The SMILES string of the molecule is COc1ccc(-n2ccnc2SC(C)C(=O)Nc2cc(C)on2)cc1. The van der Waals surface area contributed by atoms with Crippen LogP contribution in [0.2, 0.25) is 0 Å². The molecule has 7 nitrogen and oxygen atoms in total. The van der Waals surface area contributed by atoms with Crippen LogP contribution in [-0.4, -0.2) is 33.0 Å². The van der Waals surface area contributed by atoms with Crippen molar-refractivity contribution in [3.05, 3.63) is 48.5 Å². The fourth-order valence-corrected chi connectivity index (χ4v) is 3.06. The highest BCUT2D eigenvalue weighted by Crippen LogP contribution is 2.26. The number of amides is 1. The number of carbonyl (C=O) groups excluding carboxylic acids is 1. The monoisotopic (exact) mass is 358 g/mol. The van der Waals surface area contributed by atoms with E-state index in [1.165, 1.54) is 11.8 Å². The Hall–Kier alpha value is -2.74. The quantitative estimate of drug-likeness (QED) is 0.681.